The number of nitrogens with one attached hydrogen (secondary N) is 2. The normalized spacial score (nSPS) is 11.7. The first kappa shape index (κ1) is 15.8. The van der Waals surface area contributed by atoms with Crippen LogP contribution in [0.1, 0.15) is 24.5 Å². The molecule has 0 saturated carbocycles. The lowest BCUT2D eigenvalue weighted by molar-refractivity contribution is 0.237. The van der Waals surface area contributed by atoms with Crippen molar-refractivity contribution in [3.05, 3.63) is 59.9 Å². The van der Waals surface area contributed by atoms with E-state index in [4.69, 9.17) is 0 Å². The molecule has 0 spiro atoms. The summed E-state index contributed by atoms with van der Waals surface area (Å²) in [5.74, 6) is 0.268. The summed E-state index contributed by atoms with van der Waals surface area (Å²) < 4.78 is 0. The van der Waals surface area contributed by atoms with Gasteiger partial charge in [0.1, 0.15) is 5.75 Å². The van der Waals surface area contributed by atoms with Crippen LogP contribution in [0.5, 0.6) is 5.75 Å². The molecule has 0 saturated heterocycles. The largest absolute Gasteiger partial charge is 0.508 e. The second-order valence-electron chi connectivity index (χ2n) is 5.29. The zero-order chi connectivity index (χ0) is 15.8. The predicted molar refractivity (Wildman–Crippen MR) is 85.5 cm³/mol. The molecule has 0 fully saturated rings. The van der Waals surface area contributed by atoms with Crippen molar-refractivity contribution in [1.29, 1.82) is 0 Å². The monoisotopic (exact) mass is 299 g/mol. The Balaban J connectivity index is 1.68. The highest BCUT2D eigenvalue weighted by Gasteiger charge is 2.07. The number of phenols is 1. The molecule has 0 radical (unpaired) electrons. The van der Waals surface area contributed by atoms with Gasteiger partial charge in [0.05, 0.1) is 0 Å². The molecule has 3 N–H and O–H groups in total. The smallest absolute Gasteiger partial charge is 0.315 e. The fourth-order valence-electron chi connectivity index (χ4n) is 2.08. The van der Waals surface area contributed by atoms with Crippen LogP contribution in [0.15, 0.2) is 48.8 Å². The fourth-order valence-corrected chi connectivity index (χ4v) is 2.08. The molecule has 1 atom stereocenters. The first-order chi connectivity index (χ1) is 10.6. The Hall–Kier alpha value is -2.56. The van der Waals surface area contributed by atoms with E-state index >= 15 is 0 Å². The summed E-state index contributed by atoms with van der Waals surface area (Å²) in [5, 5.41) is 15.0. The molecule has 1 aromatic carbocycles. The summed E-state index contributed by atoms with van der Waals surface area (Å²) in [6, 6.07) is 10.8. The molecular weight excluding hydrogens is 278 g/mol. The summed E-state index contributed by atoms with van der Waals surface area (Å²) in [6.07, 6.45) is 5.12. The van der Waals surface area contributed by atoms with Gasteiger partial charge >= 0.3 is 6.03 Å². The van der Waals surface area contributed by atoms with Gasteiger partial charge in [0.15, 0.2) is 0 Å². The fraction of sp³-hybridized carbons (Fsp3) is 0.294. The molecule has 0 aliphatic rings. The SMILES string of the molecule is CC(CCc1ccc(O)cc1)NC(=O)NCc1cccnc1. The van der Waals surface area contributed by atoms with Crippen molar-refractivity contribution < 1.29 is 9.90 Å². The minimum Gasteiger partial charge on any atom is -0.508 e. The van der Waals surface area contributed by atoms with Crippen LogP contribution in [0.3, 0.4) is 0 Å². The van der Waals surface area contributed by atoms with Crippen molar-refractivity contribution in [1.82, 2.24) is 15.6 Å². The Morgan fingerprint density at radius 2 is 2.00 bits per heavy atom. The van der Waals surface area contributed by atoms with Gasteiger partial charge in [-0.1, -0.05) is 18.2 Å². The molecule has 0 bridgehead atoms. The first-order valence-corrected chi connectivity index (χ1v) is 7.34. The van der Waals surface area contributed by atoms with Gasteiger partial charge in [0.2, 0.25) is 0 Å². The van der Waals surface area contributed by atoms with Crippen LogP contribution in [0.25, 0.3) is 0 Å². The van der Waals surface area contributed by atoms with Gasteiger partial charge in [-0.2, -0.15) is 0 Å². The highest BCUT2D eigenvalue weighted by Crippen LogP contribution is 2.11. The lowest BCUT2D eigenvalue weighted by Gasteiger charge is -2.14. The second-order valence-corrected chi connectivity index (χ2v) is 5.29. The number of nitrogens with zero attached hydrogens (tertiary/aromatic N) is 1. The second kappa shape index (κ2) is 8.02. The van der Waals surface area contributed by atoms with E-state index in [0.29, 0.717) is 6.54 Å². The molecule has 22 heavy (non-hydrogen) atoms. The third-order valence-corrected chi connectivity index (χ3v) is 3.36. The molecule has 2 aromatic rings. The lowest BCUT2D eigenvalue weighted by Crippen LogP contribution is -2.40. The van der Waals surface area contributed by atoms with Crippen molar-refractivity contribution in [2.45, 2.75) is 32.4 Å². The first-order valence-electron chi connectivity index (χ1n) is 7.34. The maximum Gasteiger partial charge on any atom is 0.315 e. The topological polar surface area (TPSA) is 74.2 Å². The van der Waals surface area contributed by atoms with E-state index in [1.807, 2.05) is 31.2 Å². The highest BCUT2D eigenvalue weighted by molar-refractivity contribution is 5.74. The molecule has 0 aliphatic carbocycles. The maximum absolute atomic E-state index is 11.8. The number of aromatic nitrogens is 1. The number of benzene rings is 1. The Morgan fingerprint density at radius 3 is 2.68 bits per heavy atom. The van der Waals surface area contributed by atoms with E-state index in [-0.39, 0.29) is 17.8 Å². The Morgan fingerprint density at radius 1 is 1.23 bits per heavy atom. The van der Waals surface area contributed by atoms with Crippen LogP contribution in [0.2, 0.25) is 0 Å². The van der Waals surface area contributed by atoms with E-state index < -0.39 is 0 Å². The van der Waals surface area contributed by atoms with Gasteiger partial charge in [0, 0.05) is 25.0 Å². The summed E-state index contributed by atoms with van der Waals surface area (Å²) in [4.78, 5) is 15.8. The van der Waals surface area contributed by atoms with E-state index in [2.05, 4.69) is 15.6 Å². The Kier molecular flexibility index (Phi) is 5.77. The molecule has 1 heterocycles. The minimum absolute atomic E-state index is 0.0719. The summed E-state index contributed by atoms with van der Waals surface area (Å²) in [6.45, 7) is 2.44. The number of urea groups is 1. The van der Waals surface area contributed by atoms with Crippen molar-refractivity contribution in [3.63, 3.8) is 0 Å². The van der Waals surface area contributed by atoms with Gasteiger partial charge < -0.3 is 15.7 Å². The third-order valence-electron chi connectivity index (χ3n) is 3.36. The lowest BCUT2D eigenvalue weighted by atomic mass is 10.1. The zero-order valence-corrected chi connectivity index (χ0v) is 12.6. The molecule has 116 valence electrons. The van der Waals surface area contributed by atoms with Gasteiger partial charge in [0.25, 0.3) is 0 Å². The quantitative estimate of drug-likeness (QED) is 0.767. The van der Waals surface area contributed by atoms with Crippen molar-refractivity contribution in [2.75, 3.05) is 0 Å². The summed E-state index contributed by atoms with van der Waals surface area (Å²) >= 11 is 0. The average molecular weight is 299 g/mol. The molecule has 5 nitrogen and oxygen atoms in total. The van der Waals surface area contributed by atoms with Crippen molar-refractivity contribution in [3.8, 4) is 5.75 Å². The van der Waals surface area contributed by atoms with Gasteiger partial charge in [-0.3, -0.25) is 4.98 Å². The molecule has 1 aromatic heterocycles. The number of hydrogen-bond acceptors (Lipinski definition) is 3. The van der Waals surface area contributed by atoms with E-state index in [1.54, 1.807) is 24.5 Å². The number of amides is 2. The number of aryl methyl sites for hydroxylation is 1. The number of rotatable bonds is 6. The predicted octanol–water partition coefficient (Wildman–Crippen LogP) is 2.61. The third kappa shape index (κ3) is 5.44. The molecule has 1 unspecified atom stereocenters. The van der Waals surface area contributed by atoms with E-state index in [0.717, 1.165) is 24.0 Å². The number of aromatic hydroxyl groups is 1. The summed E-state index contributed by atoms with van der Waals surface area (Å²) in [5.41, 5.74) is 2.11. The Labute approximate surface area is 130 Å². The zero-order valence-electron chi connectivity index (χ0n) is 12.6. The van der Waals surface area contributed by atoms with Gasteiger partial charge in [-0.15, -0.1) is 0 Å². The molecule has 2 amide bonds. The van der Waals surface area contributed by atoms with Crippen molar-refractivity contribution >= 4 is 6.03 Å². The van der Waals surface area contributed by atoms with Crippen LogP contribution < -0.4 is 10.6 Å². The van der Waals surface area contributed by atoms with Gasteiger partial charge in [-0.05, 0) is 49.1 Å². The van der Waals surface area contributed by atoms with Crippen LogP contribution in [-0.2, 0) is 13.0 Å². The number of carbonyl (C=O) groups is 1. The Bertz CT molecular complexity index is 585. The molecule has 0 aliphatic heterocycles. The molecular formula is C17H21N3O2. The van der Waals surface area contributed by atoms with Crippen LogP contribution in [0.4, 0.5) is 4.79 Å². The minimum atomic E-state index is -0.179. The number of phenolic OH excluding ortho intramolecular Hbond substituents is 1. The summed E-state index contributed by atoms with van der Waals surface area (Å²) in [7, 11) is 0. The molecule has 2 rings (SSSR count). The highest BCUT2D eigenvalue weighted by atomic mass is 16.3. The number of hydrogen-bond donors (Lipinski definition) is 3. The maximum atomic E-state index is 11.8. The van der Waals surface area contributed by atoms with Gasteiger partial charge in [-0.25, -0.2) is 4.79 Å². The number of carbonyl (C=O) groups excluding carboxylic acids is 1. The average Bonchev–Trinajstić information content (AvgIpc) is 2.53. The van der Waals surface area contributed by atoms with E-state index in [9.17, 15) is 9.90 Å². The van der Waals surface area contributed by atoms with E-state index in [1.165, 1.54) is 0 Å². The molecule has 5 heteroatoms. The standard InChI is InChI=1S/C17H21N3O2/c1-13(4-5-14-6-8-16(21)9-7-14)20-17(22)19-12-15-3-2-10-18-11-15/h2-3,6-11,13,21H,4-5,12H2,1H3,(H2,19,20,22). The van der Waals surface area contributed by atoms with Crippen LogP contribution in [0, 0.1) is 0 Å². The van der Waals surface area contributed by atoms with Crippen LogP contribution >= 0.6 is 0 Å². The van der Waals surface area contributed by atoms with Crippen LogP contribution in [-0.4, -0.2) is 22.2 Å². The number of pyridine rings is 1. The van der Waals surface area contributed by atoms with Crippen molar-refractivity contribution in [2.24, 2.45) is 0 Å².